The molecule has 0 radical (unpaired) electrons. The first-order valence-electron chi connectivity index (χ1n) is 8.13. The van der Waals surface area contributed by atoms with Crippen LogP contribution in [-0.4, -0.2) is 15.9 Å². The first kappa shape index (κ1) is 16.6. The van der Waals surface area contributed by atoms with E-state index in [1.54, 1.807) is 24.7 Å². The molecular formula is C20H20N4O. The molecule has 25 heavy (non-hydrogen) atoms. The summed E-state index contributed by atoms with van der Waals surface area (Å²) in [5.74, 6) is -0.179. The molecule has 0 atom stereocenters. The Balaban J connectivity index is 1.53. The Morgan fingerprint density at radius 1 is 1.00 bits per heavy atom. The van der Waals surface area contributed by atoms with E-state index in [1.807, 2.05) is 43.3 Å². The second kappa shape index (κ2) is 8.06. The van der Waals surface area contributed by atoms with Gasteiger partial charge in [0.25, 0.3) is 5.91 Å². The standard InChI is InChI=1S/C20H20N4O/c1-15-3-2-4-17(11-15)13-24-20(25)19-6-5-18(14-23-19)22-12-16-7-9-21-10-8-16/h2-11,14,22H,12-13H2,1H3,(H,24,25). The van der Waals surface area contributed by atoms with Gasteiger partial charge in [-0.05, 0) is 42.3 Å². The smallest absolute Gasteiger partial charge is 0.270 e. The van der Waals surface area contributed by atoms with E-state index in [1.165, 1.54) is 5.56 Å². The van der Waals surface area contributed by atoms with Gasteiger partial charge in [-0.25, -0.2) is 4.98 Å². The fourth-order valence-corrected chi connectivity index (χ4v) is 2.43. The molecule has 3 rings (SSSR count). The van der Waals surface area contributed by atoms with Crippen molar-refractivity contribution >= 4 is 11.6 Å². The highest BCUT2D eigenvalue weighted by Crippen LogP contribution is 2.09. The summed E-state index contributed by atoms with van der Waals surface area (Å²) >= 11 is 0. The van der Waals surface area contributed by atoms with Crippen molar-refractivity contribution in [3.8, 4) is 0 Å². The molecule has 2 heterocycles. The number of hydrogen-bond donors (Lipinski definition) is 2. The molecule has 3 aromatic rings. The highest BCUT2D eigenvalue weighted by atomic mass is 16.1. The van der Waals surface area contributed by atoms with Crippen LogP contribution in [0, 0.1) is 6.92 Å². The second-order valence-electron chi connectivity index (χ2n) is 5.81. The SMILES string of the molecule is Cc1cccc(CNC(=O)c2ccc(NCc3ccncc3)cn2)c1. The highest BCUT2D eigenvalue weighted by molar-refractivity contribution is 5.92. The van der Waals surface area contributed by atoms with Crippen LogP contribution in [0.1, 0.15) is 27.2 Å². The average molecular weight is 332 g/mol. The summed E-state index contributed by atoms with van der Waals surface area (Å²) in [6, 6.07) is 15.5. The topological polar surface area (TPSA) is 66.9 Å². The fourth-order valence-electron chi connectivity index (χ4n) is 2.43. The van der Waals surface area contributed by atoms with Gasteiger partial charge in [-0.3, -0.25) is 9.78 Å². The van der Waals surface area contributed by atoms with Crippen molar-refractivity contribution in [2.24, 2.45) is 0 Å². The molecule has 126 valence electrons. The molecule has 0 saturated heterocycles. The zero-order chi connectivity index (χ0) is 17.5. The number of nitrogens with zero attached hydrogens (tertiary/aromatic N) is 2. The summed E-state index contributed by atoms with van der Waals surface area (Å²) in [5.41, 5.74) is 4.66. The van der Waals surface area contributed by atoms with Crippen LogP contribution in [0.5, 0.6) is 0 Å². The first-order chi connectivity index (χ1) is 12.2. The van der Waals surface area contributed by atoms with Crippen LogP contribution in [0.2, 0.25) is 0 Å². The molecule has 0 aliphatic heterocycles. The molecule has 0 unspecified atom stereocenters. The molecule has 0 aliphatic rings. The third-order valence-electron chi connectivity index (χ3n) is 3.78. The maximum Gasteiger partial charge on any atom is 0.270 e. The number of aryl methyl sites for hydroxylation is 1. The number of rotatable bonds is 6. The summed E-state index contributed by atoms with van der Waals surface area (Å²) in [5, 5.41) is 6.16. The Labute approximate surface area is 147 Å². The summed E-state index contributed by atoms with van der Waals surface area (Å²) in [7, 11) is 0. The van der Waals surface area contributed by atoms with Gasteiger partial charge in [0.2, 0.25) is 0 Å². The van der Waals surface area contributed by atoms with Crippen molar-refractivity contribution in [1.29, 1.82) is 0 Å². The zero-order valence-electron chi connectivity index (χ0n) is 14.1. The maximum atomic E-state index is 12.2. The minimum absolute atomic E-state index is 0.179. The monoisotopic (exact) mass is 332 g/mol. The minimum Gasteiger partial charge on any atom is -0.380 e. The predicted octanol–water partition coefficient (Wildman–Crippen LogP) is 3.33. The lowest BCUT2D eigenvalue weighted by Crippen LogP contribution is -2.23. The number of nitrogens with one attached hydrogen (secondary N) is 2. The number of pyridine rings is 2. The van der Waals surface area contributed by atoms with E-state index in [9.17, 15) is 4.79 Å². The van der Waals surface area contributed by atoms with Crippen molar-refractivity contribution in [3.63, 3.8) is 0 Å². The summed E-state index contributed by atoms with van der Waals surface area (Å²) in [4.78, 5) is 20.4. The van der Waals surface area contributed by atoms with Gasteiger partial charge in [0.05, 0.1) is 11.9 Å². The van der Waals surface area contributed by atoms with E-state index in [2.05, 4.69) is 26.7 Å². The normalized spacial score (nSPS) is 10.3. The average Bonchev–Trinajstić information content (AvgIpc) is 2.66. The Kier molecular flexibility index (Phi) is 5.36. The van der Waals surface area contributed by atoms with E-state index in [4.69, 9.17) is 0 Å². The Bertz CT molecular complexity index is 832. The fraction of sp³-hybridized carbons (Fsp3) is 0.150. The van der Waals surface area contributed by atoms with Crippen molar-refractivity contribution < 1.29 is 4.79 Å². The number of hydrogen-bond acceptors (Lipinski definition) is 4. The third-order valence-corrected chi connectivity index (χ3v) is 3.78. The molecule has 2 aromatic heterocycles. The largest absolute Gasteiger partial charge is 0.380 e. The van der Waals surface area contributed by atoms with E-state index >= 15 is 0 Å². The van der Waals surface area contributed by atoms with Gasteiger partial charge in [0, 0.05) is 25.5 Å². The van der Waals surface area contributed by atoms with Crippen LogP contribution in [-0.2, 0) is 13.1 Å². The van der Waals surface area contributed by atoms with Crippen molar-refractivity contribution in [1.82, 2.24) is 15.3 Å². The Morgan fingerprint density at radius 3 is 2.56 bits per heavy atom. The zero-order valence-corrected chi connectivity index (χ0v) is 14.1. The molecule has 0 saturated carbocycles. The lowest BCUT2D eigenvalue weighted by atomic mass is 10.1. The molecule has 5 nitrogen and oxygen atoms in total. The van der Waals surface area contributed by atoms with Crippen molar-refractivity contribution in [3.05, 3.63) is 89.5 Å². The van der Waals surface area contributed by atoms with Gasteiger partial charge in [0.15, 0.2) is 0 Å². The molecule has 0 fully saturated rings. The number of amides is 1. The predicted molar refractivity (Wildman–Crippen MR) is 98.1 cm³/mol. The first-order valence-corrected chi connectivity index (χ1v) is 8.13. The summed E-state index contributed by atoms with van der Waals surface area (Å²) in [6.45, 7) is 3.21. The van der Waals surface area contributed by atoms with Gasteiger partial charge >= 0.3 is 0 Å². The molecule has 0 spiro atoms. The lowest BCUT2D eigenvalue weighted by molar-refractivity contribution is 0.0946. The van der Waals surface area contributed by atoms with Gasteiger partial charge in [0.1, 0.15) is 5.69 Å². The number of carbonyl (C=O) groups excluding carboxylic acids is 1. The number of carbonyl (C=O) groups is 1. The number of anilines is 1. The van der Waals surface area contributed by atoms with Crippen LogP contribution in [0.15, 0.2) is 67.1 Å². The van der Waals surface area contributed by atoms with E-state index < -0.39 is 0 Å². The number of benzene rings is 1. The van der Waals surface area contributed by atoms with Gasteiger partial charge < -0.3 is 10.6 Å². The molecule has 2 N–H and O–H groups in total. The van der Waals surface area contributed by atoms with Crippen LogP contribution >= 0.6 is 0 Å². The second-order valence-corrected chi connectivity index (χ2v) is 5.81. The summed E-state index contributed by atoms with van der Waals surface area (Å²) in [6.07, 6.45) is 5.19. The molecule has 0 bridgehead atoms. The Hall–Kier alpha value is -3.21. The van der Waals surface area contributed by atoms with Gasteiger partial charge in [-0.2, -0.15) is 0 Å². The molecular weight excluding hydrogens is 312 g/mol. The quantitative estimate of drug-likeness (QED) is 0.726. The van der Waals surface area contributed by atoms with Crippen LogP contribution in [0.4, 0.5) is 5.69 Å². The van der Waals surface area contributed by atoms with Crippen LogP contribution in [0.3, 0.4) is 0 Å². The minimum atomic E-state index is -0.179. The molecule has 1 amide bonds. The Morgan fingerprint density at radius 2 is 1.84 bits per heavy atom. The van der Waals surface area contributed by atoms with Crippen LogP contribution in [0.25, 0.3) is 0 Å². The lowest BCUT2D eigenvalue weighted by Gasteiger charge is -2.08. The van der Waals surface area contributed by atoms with Crippen molar-refractivity contribution in [2.75, 3.05) is 5.32 Å². The molecule has 0 aliphatic carbocycles. The van der Waals surface area contributed by atoms with E-state index in [0.29, 0.717) is 18.8 Å². The highest BCUT2D eigenvalue weighted by Gasteiger charge is 2.07. The van der Waals surface area contributed by atoms with Crippen LogP contribution < -0.4 is 10.6 Å². The number of aromatic nitrogens is 2. The van der Waals surface area contributed by atoms with Gasteiger partial charge in [-0.1, -0.05) is 29.8 Å². The molecule has 5 heteroatoms. The third kappa shape index (κ3) is 4.88. The van der Waals surface area contributed by atoms with Crippen molar-refractivity contribution in [2.45, 2.75) is 20.0 Å². The van der Waals surface area contributed by atoms with Gasteiger partial charge in [-0.15, -0.1) is 0 Å². The van der Waals surface area contributed by atoms with E-state index in [-0.39, 0.29) is 5.91 Å². The van der Waals surface area contributed by atoms with E-state index in [0.717, 1.165) is 16.8 Å². The molecule has 1 aromatic carbocycles. The maximum absolute atomic E-state index is 12.2. The summed E-state index contributed by atoms with van der Waals surface area (Å²) < 4.78 is 0.